The fourth-order valence-electron chi connectivity index (χ4n) is 3.71. The Kier molecular flexibility index (Phi) is 7.53. The lowest BCUT2D eigenvalue weighted by Gasteiger charge is -2.21. The van der Waals surface area contributed by atoms with E-state index in [1.807, 2.05) is 13.8 Å². The van der Waals surface area contributed by atoms with Crippen LogP contribution < -0.4 is 5.32 Å². The van der Waals surface area contributed by atoms with E-state index in [-0.39, 0.29) is 11.9 Å². The number of aromatic amines is 1. The zero-order valence-corrected chi connectivity index (χ0v) is 15.9. The quantitative estimate of drug-likeness (QED) is 0.764. The van der Waals surface area contributed by atoms with Crippen LogP contribution in [0.15, 0.2) is 0 Å². The summed E-state index contributed by atoms with van der Waals surface area (Å²) >= 11 is 0. The molecule has 0 atom stereocenters. The first kappa shape index (κ1) is 19.5. The van der Waals surface area contributed by atoms with Gasteiger partial charge >= 0.3 is 5.97 Å². The molecule has 1 saturated carbocycles. The summed E-state index contributed by atoms with van der Waals surface area (Å²) < 4.78 is 5.11. The predicted molar refractivity (Wildman–Crippen MR) is 98.8 cm³/mol. The van der Waals surface area contributed by atoms with E-state index < -0.39 is 0 Å². The van der Waals surface area contributed by atoms with Crippen LogP contribution in [-0.2, 0) is 16.0 Å². The van der Waals surface area contributed by atoms with Crippen molar-refractivity contribution >= 4 is 11.9 Å². The Morgan fingerprint density at radius 1 is 1.12 bits per heavy atom. The van der Waals surface area contributed by atoms with Gasteiger partial charge in [-0.05, 0) is 45.6 Å². The Morgan fingerprint density at radius 2 is 1.76 bits per heavy atom. The molecule has 25 heavy (non-hydrogen) atoms. The van der Waals surface area contributed by atoms with Crippen molar-refractivity contribution in [1.29, 1.82) is 0 Å². The topological polar surface area (TPSA) is 71.2 Å². The summed E-state index contributed by atoms with van der Waals surface area (Å²) in [7, 11) is 0. The summed E-state index contributed by atoms with van der Waals surface area (Å²) in [6.07, 6.45) is 9.57. The zero-order chi connectivity index (χ0) is 18.2. The van der Waals surface area contributed by atoms with Crippen LogP contribution in [0, 0.1) is 13.8 Å². The minimum absolute atomic E-state index is 0.106. The third-order valence-electron chi connectivity index (χ3n) is 5.09. The van der Waals surface area contributed by atoms with Gasteiger partial charge in [0.05, 0.1) is 12.2 Å². The highest BCUT2D eigenvalue weighted by Gasteiger charge is 2.20. The third kappa shape index (κ3) is 5.62. The van der Waals surface area contributed by atoms with Gasteiger partial charge in [0.25, 0.3) is 0 Å². The monoisotopic (exact) mass is 348 g/mol. The molecule has 1 aromatic rings. The molecule has 0 radical (unpaired) electrons. The maximum Gasteiger partial charge on any atom is 0.340 e. The van der Waals surface area contributed by atoms with Crippen molar-refractivity contribution in [1.82, 2.24) is 10.3 Å². The summed E-state index contributed by atoms with van der Waals surface area (Å²) in [5.41, 5.74) is 3.27. The van der Waals surface area contributed by atoms with Crippen LogP contribution >= 0.6 is 0 Å². The molecular weight excluding hydrogens is 316 g/mol. The molecule has 0 unspecified atom stereocenters. The normalized spacial score (nSPS) is 16.1. The van der Waals surface area contributed by atoms with Crippen molar-refractivity contribution < 1.29 is 14.3 Å². The van der Waals surface area contributed by atoms with Gasteiger partial charge in [0.15, 0.2) is 0 Å². The summed E-state index contributed by atoms with van der Waals surface area (Å²) in [5.74, 6) is -0.186. The van der Waals surface area contributed by atoms with Gasteiger partial charge in [-0.3, -0.25) is 4.79 Å². The first-order valence-corrected chi connectivity index (χ1v) is 9.67. The minimum atomic E-state index is -0.293. The molecule has 1 fully saturated rings. The number of carbonyl (C=O) groups excluding carboxylic acids is 2. The number of ether oxygens (including phenoxy) is 1. The van der Waals surface area contributed by atoms with Crippen LogP contribution in [-0.4, -0.2) is 29.5 Å². The van der Waals surface area contributed by atoms with Gasteiger partial charge in [-0.25, -0.2) is 4.79 Å². The van der Waals surface area contributed by atoms with Crippen LogP contribution in [0.2, 0.25) is 0 Å². The van der Waals surface area contributed by atoms with E-state index in [1.54, 1.807) is 6.92 Å². The smallest absolute Gasteiger partial charge is 0.340 e. The second kappa shape index (κ2) is 9.64. The van der Waals surface area contributed by atoms with Crippen LogP contribution in [0.25, 0.3) is 0 Å². The van der Waals surface area contributed by atoms with Crippen molar-refractivity contribution in [3.05, 3.63) is 22.5 Å². The van der Waals surface area contributed by atoms with Crippen LogP contribution in [0.5, 0.6) is 0 Å². The fraction of sp³-hybridized carbons (Fsp3) is 0.700. The summed E-state index contributed by atoms with van der Waals surface area (Å²) in [6, 6.07) is 0.328. The lowest BCUT2D eigenvalue weighted by Crippen LogP contribution is -2.35. The molecular formula is C20H32N2O3. The van der Waals surface area contributed by atoms with E-state index >= 15 is 0 Å². The lowest BCUT2D eigenvalue weighted by atomic mass is 9.96. The fourth-order valence-corrected chi connectivity index (χ4v) is 3.71. The summed E-state index contributed by atoms with van der Waals surface area (Å²) in [4.78, 5) is 27.6. The number of hydrogen-bond acceptors (Lipinski definition) is 3. The Labute approximate surface area is 150 Å². The molecule has 0 aromatic carbocycles. The Bertz CT molecular complexity index is 584. The lowest BCUT2D eigenvalue weighted by molar-refractivity contribution is -0.121. The van der Waals surface area contributed by atoms with Crippen molar-refractivity contribution in [3.63, 3.8) is 0 Å². The minimum Gasteiger partial charge on any atom is -0.462 e. The molecule has 0 aliphatic heterocycles. The summed E-state index contributed by atoms with van der Waals surface area (Å²) in [6.45, 7) is 5.95. The summed E-state index contributed by atoms with van der Waals surface area (Å²) in [5, 5.41) is 3.20. The molecule has 2 N–H and O–H groups in total. The van der Waals surface area contributed by atoms with Crippen molar-refractivity contribution in [2.75, 3.05) is 6.61 Å². The number of esters is 1. The van der Waals surface area contributed by atoms with Gasteiger partial charge in [0.2, 0.25) is 5.91 Å². The molecule has 1 heterocycles. The molecule has 1 aromatic heterocycles. The van der Waals surface area contributed by atoms with Gasteiger partial charge in [-0.15, -0.1) is 0 Å². The van der Waals surface area contributed by atoms with Crippen molar-refractivity contribution in [2.24, 2.45) is 0 Å². The highest BCUT2D eigenvalue weighted by atomic mass is 16.5. The van der Waals surface area contributed by atoms with Gasteiger partial charge in [-0.1, -0.05) is 32.1 Å². The second-order valence-corrected chi connectivity index (χ2v) is 7.06. The van der Waals surface area contributed by atoms with E-state index in [0.29, 0.717) is 31.1 Å². The number of rotatable bonds is 6. The molecule has 1 aliphatic rings. The van der Waals surface area contributed by atoms with Gasteiger partial charge in [0, 0.05) is 23.9 Å². The average molecular weight is 348 g/mol. The first-order chi connectivity index (χ1) is 12.0. The SMILES string of the molecule is CCOC(=O)c1c(C)[nH]c(CCC(=O)NC2CCCCCCC2)c1C. The molecule has 2 rings (SSSR count). The largest absolute Gasteiger partial charge is 0.462 e. The van der Waals surface area contributed by atoms with E-state index in [0.717, 1.165) is 29.8 Å². The number of aryl methyl sites for hydroxylation is 2. The number of aromatic nitrogens is 1. The second-order valence-electron chi connectivity index (χ2n) is 7.06. The number of nitrogens with one attached hydrogen (secondary N) is 2. The first-order valence-electron chi connectivity index (χ1n) is 9.67. The number of amides is 1. The van der Waals surface area contributed by atoms with E-state index in [1.165, 1.54) is 32.1 Å². The Hall–Kier alpha value is -1.78. The van der Waals surface area contributed by atoms with E-state index in [9.17, 15) is 9.59 Å². The Morgan fingerprint density at radius 3 is 2.40 bits per heavy atom. The predicted octanol–water partition coefficient (Wildman–Crippen LogP) is 3.97. The van der Waals surface area contributed by atoms with Crippen LogP contribution in [0.1, 0.15) is 85.6 Å². The molecule has 0 saturated heterocycles. The van der Waals surface area contributed by atoms with Crippen LogP contribution in [0.3, 0.4) is 0 Å². The van der Waals surface area contributed by atoms with Gasteiger partial charge in [-0.2, -0.15) is 0 Å². The molecule has 0 bridgehead atoms. The molecule has 5 nitrogen and oxygen atoms in total. The average Bonchev–Trinajstić information content (AvgIpc) is 2.82. The Balaban J connectivity index is 1.89. The van der Waals surface area contributed by atoms with Gasteiger partial charge < -0.3 is 15.0 Å². The highest BCUT2D eigenvalue weighted by Crippen LogP contribution is 2.21. The molecule has 0 spiro atoms. The van der Waals surface area contributed by atoms with Gasteiger partial charge in [0.1, 0.15) is 0 Å². The van der Waals surface area contributed by atoms with E-state index in [4.69, 9.17) is 4.74 Å². The maximum absolute atomic E-state index is 12.3. The number of carbonyl (C=O) groups is 2. The van der Waals surface area contributed by atoms with E-state index in [2.05, 4.69) is 10.3 Å². The molecule has 5 heteroatoms. The zero-order valence-electron chi connectivity index (χ0n) is 15.9. The maximum atomic E-state index is 12.3. The number of H-pyrrole nitrogens is 1. The standard InChI is InChI=1S/C20H32N2O3/c1-4-25-20(24)19-14(2)17(21-15(19)3)12-13-18(23)22-16-10-8-6-5-7-9-11-16/h16,21H,4-13H2,1-3H3,(H,22,23). The number of hydrogen-bond donors (Lipinski definition) is 2. The third-order valence-corrected chi connectivity index (χ3v) is 5.09. The molecule has 1 aliphatic carbocycles. The molecule has 140 valence electrons. The molecule has 1 amide bonds. The highest BCUT2D eigenvalue weighted by molar-refractivity contribution is 5.92. The van der Waals surface area contributed by atoms with Crippen molar-refractivity contribution in [2.45, 2.75) is 84.6 Å². The van der Waals surface area contributed by atoms with Crippen LogP contribution in [0.4, 0.5) is 0 Å². The van der Waals surface area contributed by atoms with Crippen molar-refractivity contribution in [3.8, 4) is 0 Å².